The Bertz CT molecular complexity index is 724. The van der Waals surface area contributed by atoms with E-state index < -0.39 is 0 Å². The van der Waals surface area contributed by atoms with Crippen molar-refractivity contribution in [1.29, 1.82) is 0 Å². The summed E-state index contributed by atoms with van der Waals surface area (Å²) in [5.41, 5.74) is 8.38. The molecule has 0 bridgehead atoms. The van der Waals surface area contributed by atoms with Gasteiger partial charge in [-0.3, -0.25) is 9.79 Å². The number of carbonyl (C=O) groups is 1. The number of hydrogen-bond donors (Lipinski definition) is 2. The molecule has 1 aromatic carbocycles. The molecular weight excluding hydrogens is 304 g/mol. The third kappa shape index (κ3) is 2.92. The summed E-state index contributed by atoms with van der Waals surface area (Å²) < 4.78 is 5.91. The molecule has 3 N–H and O–H groups in total. The van der Waals surface area contributed by atoms with Crippen molar-refractivity contribution in [3.05, 3.63) is 48.2 Å². The molecule has 0 spiro atoms. The fraction of sp³-hybridized carbons (Fsp3) is 0.333. The van der Waals surface area contributed by atoms with Crippen LogP contribution in [0.1, 0.15) is 11.1 Å². The fourth-order valence-corrected chi connectivity index (χ4v) is 3.18. The van der Waals surface area contributed by atoms with E-state index in [-0.39, 0.29) is 11.8 Å². The maximum atomic E-state index is 11.7. The first-order valence-electron chi connectivity index (χ1n) is 7.99. The Labute approximate surface area is 141 Å². The fourth-order valence-electron chi connectivity index (χ4n) is 3.18. The standard InChI is InChI=1S/C18H22N4O2/c1-3-22-8-9-24-16-10-12(4-5-14(16)18(22)20-2)13-6-7-21-11-15(13)17(19)23/h3-6,10,15,21H,1,7-9,11H2,2H3,(H2,19,23). The topological polar surface area (TPSA) is 80.0 Å². The summed E-state index contributed by atoms with van der Waals surface area (Å²) in [6.45, 7) is 6.36. The molecule has 1 amide bonds. The van der Waals surface area contributed by atoms with Gasteiger partial charge in [-0.2, -0.15) is 0 Å². The largest absolute Gasteiger partial charge is 0.491 e. The van der Waals surface area contributed by atoms with E-state index >= 15 is 0 Å². The lowest BCUT2D eigenvalue weighted by atomic mass is 9.88. The van der Waals surface area contributed by atoms with E-state index in [1.807, 2.05) is 29.2 Å². The van der Waals surface area contributed by atoms with E-state index in [0.717, 1.165) is 34.8 Å². The number of amides is 1. The highest BCUT2D eigenvalue weighted by molar-refractivity contribution is 6.02. The summed E-state index contributed by atoms with van der Waals surface area (Å²) >= 11 is 0. The number of amidine groups is 1. The molecule has 6 heteroatoms. The van der Waals surface area contributed by atoms with Gasteiger partial charge in [-0.1, -0.05) is 18.7 Å². The maximum absolute atomic E-state index is 11.7. The van der Waals surface area contributed by atoms with Crippen LogP contribution in [0.25, 0.3) is 5.57 Å². The van der Waals surface area contributed by atoms with E-state index in [9.17, 15) is 4.79 Å². The number of benzene rings is 1. The Morgan fingerprint density at radius 1 is 1.54 bits per heavy atom. The zero-order valence-electron chi connectivity index (χ0n) is 13.8. The molecule has 0 aliphatic carbocycles. The van der Waals surface area contributed by atoms with E-state index in [2.05, 4.69) is 16.9 Å². The van der Waals surface area contributed by atoms with Gasteiger partial charge in [0.25, 0.3) is 0 Å². The predicted octanol–water partition coefficient (Wildman–Crippen LogP) is 0.989. The molecular formula is C18H22N4O2. The van der Waals surface area contributed by atoms with Crippen LogP contribution in [0.5, 0.6) is 5.75 Å². The molecule has 126 valence electrons. The average Bonchev–Trinajstić information content (AvgIpc) is 2.79. The SMILES string of the molecule is C=CN1CCOc2cc(C3=CCNCC3C(N)=O)ccc2C1=NC. The zero-order valence-corrected chi connectivity index (χ0v) is 13.8. The van der Waals surface area contributed by atoms with E-state index in [4.69, 9.17) is 10.5 Å². The van der Waals surface area contributed by atoms with Crippen molar-refractivity contribution in [2.45, 2.75) is 0 Å². The lowest BCUT2D eigenvalue weighted by Crippen LogP contribution is -2.37. The van der Waals surface area contributed by atoms with Crippen LogP contribution < -0.4 is 15.8 Å². The molecule has 1 aromatic rings. The van der Waals surface area contributed by atoms with Crippen molar-refractivity contribution in [3.63, 3.8) is 0 Å². The number of hydrogen-bond acceptors (Lipinski definition) is 4. The average molecular weight is 326 g/mol. The van der Waals surface area contributed by atoms with Crippen LogP contribution in [0.3, 0.4) is 0 Å². The van der Waals surface area contributed by atoms with Gasteiger partial charge in [-0.25, -0.2) is 0 Å². The number of nitrogens with zero attached hydrogens (tertiary/aromatic N) is 2. The third-order valence-electron chi connectivity index (χ3n) is 4.38. The van der Waals surface area contributed by atoms with Crippen molar-refractivity contribution in [1.82, 2.24) is 10.2 Å². The van der Waals surface area contributed by atoms with Gasteiger partial charge in [0.05, 0.1) is 18.0 Å². The summed E-state index contributed by atoms with van der Waals surface area (Å²) in [6, 6.07) is 5.95. The van der Waals surface area contributed by atoms with Crippen molar-refractivity contribution in [2.75, 3.05) is 33.3 Å². The monoisotopic (exact) mass is 326 g/mol. The number of ether oxygens (including phenoxy) is 1. The number of aliphatic imine (C=N–C) groups is 1. The summed E-state index contributed by atoms with van der Waals surface area (Å²) in [5.74, 6) is 0.944. The number of carbonyl (C=O) groups excluding carboxylic acids is 1. The number of primary amides is 1. The van der Waals surface area contributed by atoms with E-state index in [1.165, 1.54) is 0 Å². The Kier molecular flexibility index (Phi) is 4.66. The van der Waals surface area contributed by atoms with Gasteiger partial charge in [0.15, 0.2) is 0 Å². The first kappa shape index (κ1) is 16.3. The molecule has 0 saturated carbocycles. The third-order valence-corrected chi connectivity index (χ3v) is 4.38. The number of rotatable bonds is 3. The molecule has 0 aromatic heterocycles. The number of fused-ring (bicyclic) bond motifs is 1. The van der Waals surface area contributed by atoms with Gasteiger partial charge in [0.2, 0.25) is 5.91 Å². The quantitative estimate of drug-likeness (QED) is 0.868. The zero-order chi connectivity index (χ0) is 17.1. The lowest BCUT2D eigenvalue weighted by Gasteiger charge is -2.23. The van der Waals surface area contributed by atoms with Crippen LogP contribution in [-0.4, -0.2) is 49.9 Å². The minimum atomic E-state index is -0.327. The normalized spacial score (nSPS) is 22.2. The summed E-state index contributed by atoms with van der Waals surface area (Å²) in [7, 11) is 1.76. The van der Waals surface area contributed by atoms with Crippen molar-refractivity contribution in [2.24, 2.45) is 16.6 Å². The second-order valence-electron chi connectivity index (χ2n) is 5.76. The highest BCUT2D eigenvalue weighted by atomic mass is 16.5. The molecule has 1 atom stereocenters. The highest BCUT2D eigenvalue weighted by Gasteiger charge is 2.26. The Balaban J connectivity index is 2.03. The molecule has 0 radical (unpaired) electrons. The molecule has 1 unspecified atom stereocenters. The summed E-state index contributed by atoms with van der Waals surface area (Å²) in [4.78, 5) is 18.1. The lowest BCUT2D eigenvalue weighted by molar-refractivity contribution is -0.120. The Morgan fingerprint density at radius 3 is 3.08 bits per heavy atom. The van der Waals surface area contributed by atoms with Crippen molar-refractivity contribution >= 4 is 17.3 Å². The molecule has 0 saturated heterocycles. The van der Waals surface area contributed by atoms with Crippen LogP contribution in [-0.2, 0) is 4.79 Å². The minimum absolute atomic E-state index is 0.321. The van der Waals surface area contributed by atoms with Crippen LogP contribution >= 0.6 is 0 Å². The summed E-state index contributed by atoms with van der Waals surface area (Å²) in [5, 5.41) is 3.17. The highest BCUT2D eigenvalue weighted by Crippen LogP contribution is 2.32. The van der Waals surface area contributed by atoms with Crippen molar-refractivity contribution in [3.8, 4) is 5.75 Å². The van der Waals surface area contributed by atoms with Gasteiger partial charge in [-0.15, -0.1) is 0 Å². The maximum Gasteiger partial charge on any atom is 0.226 e. The molecule has 3 rings (SSSR count). The van der Waals surface area contributed by atoms with Gasteiger partial charge in [0, 0.05) is 20.1 Å². The van der Waals surface area contributed by atoms with Gasteiger partial charge in [-0.05, 0) is 29.5 Å². The minimum Gasteiger partial charge on any atom is -0.491 e. The van der Waals surface area contributed by atoms with Gasteiger partial charge >= 0.3 is 0 Å². The van der Waals surface area contributed by atoms with Crippen LogP contribution in [0.4, 0.5) is 0 Å². The number of nitrogens with two attached hydrogens (primary N) is 1. The Morgan fingerprint density at radius 2 is 2.38 bits per heavy atom. The van der Waals surface area contributed by atoms with Crippen LogP contribution in [0.15, 0.2) is 42.0 Å². The summed E-state index contributed by atoms with van der Waals surface area (Å²) in [6.07, 6.45) is 3.77. The van der Waals surface area contributed by atoms with Gasteiger partial charge in [0.1, 0.15) is 18.2 Å². The Hall–Kier alpha value is -2.60. The van der Waals surface area contributed by atoms with E-state index in [1.54, 1.807) is 13.2 Å². The molecule has 0 fully saturated rings. The predicted molar refractivity (Wildman–Crippen MR) is 94.8 cm³/mol. The first-order chi connectivity index (χ1) is 11.7. The second kappa shape index (κ2) is 6.88. The smallest absolute Gasteiger partial charge is 0.226 e. The second-order valence-corrected chi connectivity index (χ2v) is 5.76. The molecule has 24 heavy (non-hydrogen) atoms. The van der Waals surface area contributed by atoms with Crippen molar-refractivity contribution < 1.29 is 9.53 Å². The molecule has 2 aliphatic heterocycles. The van der Waals surface area contributed by atoms with E-state index in [0.29, 0.717) is 19.7 Å². The molecule has 2 heterocycles. The first-order valence-corrected chi connectivity index (χ1v) is 7.99. The molecule has 2 aliphatic rings. The van der Waals surface area contributed by atoms with Gasteiger partial charge < -0.3 is 20.7 Å². The van der Waals surface area contributed by atoms with Crippen LogP contribution in [0, 0.1) is 5.92 Å². The molecule has 6 nitrogen and oxygen atoms in total. The van der Waals surface area contributed by atoms with Crippen LogP contribution in [0.2, 0.25) is 0 Å². The number of nitrogens with one attached hydrogen (secondary N) is 1.